The van der Waals surface area contributed by atoms with Crippen LogP contribution in [0.2, 0.25) is 0 Å². The van der Waals surface area contributed by atoms with Gasteiger partial charge in [-0.05, 0) is 12.1 Å². The molecule has 0 aliphatic carbocycles. The molecular weight excluding hydrogens is 198 g/mol. The fourth-order valence-electron chi connectivity index (χ4n) is 1.69. The number of fused-ring (bicyclic) bond motifs is 1. The highest BCUT2D eigenvalue weighted by atomic mass is 16.6. The van der Waals surface area contributed by atoms with Gasteiger partial charge in [0.2, 0.25) is 0 Å². The topological polar surface area (TPSA) is 61.6 Å². The molecule has 0 aromatic heterocycles. The molecule has 80 valence electrons. The summed E-state index contributed by atoms with van der Waals surface area (Å²) in [5, 5.41) is 10.6. The number of nitro groups is 1. The number of hydrogen-bond donors (Lipinski definition) is 0. The van der Waals surface area contributed by atoms with E-state index in [4.69, 9.17) is 9.47 Å². The number of rotatable bonds is 2. The molecule has 15 heavy (non-hydrogen) atoms. The highest BCUT2D eigenvalue weighted by Crippen LogP contribution is 2.32. The molecule has 2 rings (SSSR count). The zero-order valence-electron chi connectivity index (χ0n) is 8.30. The first-order chi connectivity index (χ1) is 7.22. The third-order valence-electron chi connectivity index (χ3n) is 2.48. The van der Waals surface area contributed by atoms with E-state index in [0.29, 0.717) is 17.9 Å². The molecule has 5 heteroatoms. The van der Waals surface area contributed by atoms with Gasteiger partial charge in [0.05, 0.1) is 13.5 Å². The average Bonchev–Trinajstić information content (AvgIpc) is 2.27. The second kappa shape index (κ2) is 3.76. The van der Waals surface area contributed by atoms with E-state index in [1.807, 2.05) is 6.07 Å². The molecule has 1 heterocycles. The standard InChI is InChI=1S/C10H11NO4/c1-14-9-3-2-4-10-8(9)5-7(6-15-10)11(12)13/h2-4,7H,5-6H2,1H3. The van der Waals surface area contributed by atoms with Crippen LogP contribution in [0.5, 0.6) is 11.5 Å². The van der Waals surface area contributed by atoms with Gasteiger partial charge in [-0.1, -0.05) is 6.07 Å². The van der Waals surface area contributed by atoms with Crippen molar-refractivity contribution in [1.29, 1.82) is 0 Å². The Labute approximate surface area is 86.8 Å². The lowest BCUT2D eigenvalue weighted by Gasteiger charge is -2.21. The molecule has 0 saturated carbocycles. The monoisotopic (exact) mass is 209 g/mol. The molecule has 0 bridgehead atoms. The third-order valence-corrected chi connectivity index (χ3v) is 2.48. The second-order valence-electron chi connectivity index (χ2n) is 3.39. The van der Waals surface area contributed by atoms with Crippen molar-refractivity contribution in [3.8, 4) is 11.5 Å². The Morgan fingerprint density at radius 1 is 1.60 bits per heavy atom. The Morgan fingerprint density at radius 2 is 2.40 bits per heavy atom. The maximum atomic E-state index is 10.6. The summed E-state index contributed by atoms with van der Waals surface area (Å²) in [6.45, 7) is 0.132. The van der Waals surface area contributed by atoms with Crippen molar-refractivity contribution in [2.24, 2.45) is 0 Å². The fraction of sp³-hybridized carbons (Fsp3) is 0.400. The van der Waals surface area contributed by atoms with E-state index in [9.17, 15) is 10.1 Å². The van der Waals surface area contributed by atoms with E-state index in [2.05, 4.69) is 0 Å². The van der Waals surface area contributed by atoms with Gasteiger partial charge in [-0.2, -0.15) is 0 Å². The van der Waals surface area contributed by atoms with E-state index in [1.165, 1.54) is 0 Å². The molecule has 0 saturated heterocycles. The van der Waals surface area contributed by atoms with Crippen molar-refractivity contribution in [3.05, 3.63) is 33.9 Å². The zero-order chi connectivity index (χ0) is 10.8. The van der Waals surface area contributed by atoms with Gasteiger partial charge in [0.1, 0.15) is 11.5 Å². The maximum absolute atomic E-state index is 10.6. The van der Waals surface area contributed by atoms with Crippen LogP contribution in [0, 0.1) is 10.1 Å². The fourth-order valence-corrected chi connectivity index (χ4v) is 1.69. The highest BCUT2D eigenvalue weighted by Gasteiger charge is 2.30. The summed E-state index contributed by atoms with van der Waals surface area (Å²) in [5.74, 6) is 1.34. The van der Waals surface area contributed by atoms with Crippen molar-refractivity contribution in [2.75, 3.05) is 13.7 Å². The molecule has 0 N–H and O–H groups in total. The van der Waals surface area contributed by atoms with Gasteiger partial charge in [0, 0.05) is 10.5 Å². The smallest absolute Gasteiger partial charge is 0.250 e. The van der Waals surface area contributed by atoms with E-state index in [1.54, 1.807) is 19.2 Å². The van der Waals surface area contributed by atoms with Crippen LogP contribution in [0.1, 0.15) is 5.56 Å². The van der Waals surface area contributed by atoms with Crippen LogP contribution in [0.4, 0.5) is 0 Å². The quantitative estimate of drug-likeness (QED) is 0.543. The van der Waals surface area contributed by atoms with Crippen molar-refractivity contribution >= 4 is 0 Å². The summed E-state index contributed by atoms with van der Waals surface area (Å²) < 4.78 is 10.5. The number of ether oxygens (including phenoxy) is 2. The van der Waals surface area contributed by atoms with Crippen molar-refractivity contribution in [3.63, 3.8) is 0 Å². The predicted molar refractivity (Wildman–Crippen MR) is 53.0 cm³/mol. The summed E-state index contributed by atoms with van der Waals surface area (Å²) in [7, 11) is 1.55. The molecule has 0 radical (unpaired) electrons. The summed E-state index contributed by atoms with van der Waals surface area (Å²) in [4.78, 5) is 10.3. The molecule has 1 aliphatic rings. The lowest BCUT2D eigenvalue weighted by molar-refractivity contribution is -0.525. The van der Waals surface area contributed by atoms with E-state index in [0.717, 1.165) is 5.56 Å². The van der Waals surface area contributed by atoms with E-state index in [-0.39, 0.29) is 11.5 Å². The Kier molecular flexibility index (Phi) is 2.45. The molecule has 1 atom stereocenters. The first kappa shape index (κ1) is 9.76. The minimum absolute atomic E-state index is 0.132. The minimum Gasteiger partial charge on any atom is -0.496 e. The molecule has 1 aliphatic heterocycles. The van der Waals surface area contributed by atoms with Gasteiger partial charge < -0.3 is 9.47 Å². The average molecular weight is 209 g/mol. The van der Waals surface area contributed by atoms with Crippen molar-refractivity contribution < 1.29 is 14.4 Å². The lowest BCUT2D eigenvalue weighted by atomic mass is 10.0. The summed E-state index contributed by atoms with van der Waals surface area (Å²) >= 11 is 0. The normalized spacial score (nSPS) is 18.9. The maximum Gasteiger partial charge on any atom is 0.250 e. The Bertz CT molecular complexity index is 377. The highest BCUT2D eigenvalue weighted by molar-refractivity contribution is 5.46. The number of methoxy groups -OCH3 is 1. The molecule has 0 amide bonds. The second-order valence-corrected chi connectivity index (χ2v) is 3.39. The molecule has 1 aromatic rings. The Balaban J connectivity index is 2.34. The summed E-state index contributed by atoms with van der Waals surface area (Å²) in [5.41, 5.74) is 0.785. The Hall–Kier alpha value is -1.78. The molecule has 0 spiro atoms. The lowest BCUT2D eigenvalue weighted by Crippen LogP contribution is -2.33. The van der Waals surface area contributed by atoms with Crippen LogP contribution in [0.15, 0.2) is 18.2 Å². The number of benzene rings is 1. The molecular formula is C10H11NO4. The molecule has 0 fully saturated rings. The molecule has 5 nitrogen and oxygen atoms in total. The molecule has 1 unspecified atom stereocenters. The van der Waals surface area contributed by atoms with E-state index < -0.39 is 6.04 Å². The van der Waals surface area contributed by atoms with Gasteiger partial charge in [-0.3, -0.25) is 10.1 Å². The number of hydrogen-bond acceptors (Lipinski definition) is 4. The number of nitrogens with zero attached hydrogens (tertiary/aromatic N) is 1. The molecule has 1 aromatic carbocycles. The zero-order valence-corrected chi connectivity index (χ0v) is 8.30. The summed E-state index contributed by atoms with van der Waals surface area (Å²) in [6, 6.07) is 4.72. The van der Waals surface area contributed by atoms with Gasteiger partial charge >= 0.3 is 0 Å². The van der Waals surface area contributed by atoms with Gasteiger partial charge in [0.25, 0.3) is 6.04 Å². The van der Waals surface area contributed by atoms with Gasteiger partial charge in [0.15, 0.2) is 6.61 Å². The first-order valence-corrected chi connectivity index (χ1v) is 4.64. The predicted octanol–water partition coefficient (Wildman–Crippen LogP) is 1.28. The van der Waals surface area contributed by atoms with Crippen LogP contribution in [0.25, 0.3) is 0 Å². The SMILES string of the molecule is COc1cccc2c1CC([N+](=O)[O-])CO2. The first-order valence-electron chi connectivity index (χ1n) is 4.64. The largest absolute Gasteiger partial charge is 0.496 e. The van der Waals surface area contributed by atoms with Crippen molar-refractivity contribution in [1.82, 2.24) is 0 Å². The van der Waals surface area contributed by atoms with Crippen LogP contribution in [0.3, 0.4) is 0 Å². The van der Waals surface area contributed by atoms with Crippen LogP contribution < -0.4 is 9.47 Å². The minimum atomic E-state index is -0.672. The van der Waals surface area contributed by atoms with Crippen LogP contribution in [-0.4, -0.2) is 24.7 Å². The Morgan fingerprint density at radius 3 is 3.07 bits per heavy atom. The van der Waals surface area contributed by atoms with Crippen LogP contribution in [-0.2, 0) is 6.42 Å². The van der Waals surface area contributed by atoms with Gasteiger partial charge in [-0.25, -0.2) is 0 Å². The van der Waals surface area contributed by atoms with Crippen LogP contribution >= 0.6 is 0 Å². The third kappa shape index (κ3) is 1.72. The van der Waals surface area contributed by atoms with E-state index >= 15 is 0 Å². The summed E-state index contributed by atoms with van der Waals surface area (Å²) in [6.07, 6.45) is 0.367. The van der Waals surface area contributed by atoms with Gasteiger partial charge in [-0.15, -0.1) is 0 Å². The van der Waals surface area contributed by atoms with Crippen molar-refractivity contribution in [2.45, 2.75) is 12.5 Å².